The molecule has 0 spiro atoms. The smallest absolute Gasteiger partial charge is 0.369 e. The van der Waals surface area contributed by atoms with E-state index in [0.29, 0.717) is 18.7 Å². The molecule has 1 aromatic rings. The second-order valence-electron chi connectivity index (χ2n) is 7.78. The zero-order valence-corrected chi connectivity index (χ0v) is 16.4. The van der Waals surface area contributed by atoms with Crippen LogP contribution < -0.4 is 15.5 Å². The van der Waals surface area contributed by atoms with Gasteiger partial charge in [-0.25, -0.2) is 4.79 Å². The van der Waals surface area contributed by atoms with Gasteiger partial charge in [0.2, 0.25) is 0 Å². The van der Waals surface area contributed by atoms with E-state index in [-0.39, 0.29) is 18.6 Å². The molecule has 156 valence electrons. The van der Waals surface area contributed by atoms with Gasteiger partial charge in [-0.3, -0.25) is 4.90 Å². The molecule has 28 heavy (non-hydrogen) atoms. The van der Waals surface area contributed by atoms with E-state index in [2.05, 4.69) is 33.5 Å². The lowest BCUT2D eigenvalue weighted by Gasteiger charge is -2.34. The first-order chi connectivity index (χ1) is 13.2. The third-order valence-electron chi connectivity index (χ3n) is 5.20. The number of alkyl halides is 3. The van der Waals surface area contributed by atoms with Crippen LogP contribution in [0.4, 0.5) is 29.3 Å². The molecule has 0 aliphatic carbocycles. The van der Waals surface area contributed by atoms with E-state index in [1.54, 1.807) is 0 Å². The highest BCUT2D eigenvalue weighted by molar-refractivity contribution is 5.90. The molecule has 6 nitrogen and oxygen atoms in total. The summed E-state index contributed by atoms with van der Waals surface area (Å²) in [5, 5.41) is 5.62. The van der Waals surface area contributed by atoms with Crippen LogP contribution in [0.5, 0.6) is 0 Å². The second kappa shape index (κ2) is 8.57. The summed E-state index contributed by atoms with van der Waals surface area (Å²) in [5.74, 6) is 0. The average molecular weight is 399 g/mol. The lowest BCUT2D eigenvalue weighted by Crippen LogP contribution is -2.44. The Bertz CT molecular complexity index is 689. The summed E-state index contributed by atoms with van der Waals surface area (Å²) in [4.78, 5) is 18.2. The van der Waals surface area contributed by atoms with Crippen LogP contribution in [0.15, 0.2) is 18.2 Å². The summed E-state index contributed by atoms with van der Waals surface area (Å²) in [6.07, 6.45) is -3.69. The van der Waals surface area contributed by atoms with Gasteiger partial charge in [-0.1, -0.05) is 0 Å². The van der Waals surface area contributed by atoms with Gasteiger partial charge in [0.1, 0.15) is 0 Å². The number of piperazine rings is 1. The quantitative estimate of drug-likeness (QED) is 0.817. The number of nitrogens with zero attached hydrogens (tertiary/aromatic N) is 3. The fraction of sp³-hybridized carbons (Fsp3) is 0.632. The Labute approximate surface area is 163 Å². The Hall–Kier alpha value is -2.00. The molecule has 0 radical (unpaired) electrons. The van der Waals surface area contributed by atoms with E-state index in [9.17, 15) is 18.0 Å². The van der Waals surface area contributed by atoms with E-state index >= 15 is 0 Å². The zero-order chi connectivity index (χ0) is 20.3. The number of aryl methyl sites for hydroxylation is 1. The minimum Gasteiger partial charge on any atom is -0.369 e. The van der Waals surface area contributed by atoms with Crippen molar-refractivity contribution in [2.45, 2.75) is 25.6 Å². The molecule has 2 N–H and O–H groups in total. The molecule has 2 aliphatic rings. The van der Waals surface area contributed by atoms with Crippen molar-refractivity contribution < 1.29 is 18.0 Å². The standard InChI is InChI=1S/C19H28F3N5O/c1-14-9-16(11-17(10-14)27-7-5-25(2)6-8-27)24-18(28)23-15-3-4-26(12-15)13-19(20,21)22/h9-11,15H,3-8,12-13H2,1-2H3,(H2,23,24,28)/t15-/m0/s1. The Morgan fingerprint density at radius 2 is 1.86 bits per heavy atom. The van der Waals surface area contributed by atoms with Crippen LogP contribution in [0.1, 0.15) is 12.0 Å². The molecule has 0 saturated carbocycles. The summed E-state index contributed by atoms with van der Waals surface area (Å²) in [6, 6.07) is 5.28. The molecule has 0 unspecified atom stereocenters. The minimum absolute atomic E-state index is 0.216. The van der Waals surface area contributed by atoms with Crippen LogP contribution in [0.25, 0.3) is 0 Å². The Balaban J connectivity index is 1.54. The van der Waals surface area contributed by atoms with Crippen LogP contribution in [-0.4, -0.2) is 80.9 Å². The van der Waals surface area contributed by atoms with Gasteiger partial charge in [0.05, 0.1) is 6.54 Å². The van der Waals surface area contributed by atoms with Gasteiger partial charge in [-0.2, -0.15) is 13.2 Å². The largest absolute Gasteiger partial charge is 0.401 e. The molecule has 0 aromatic heterocycles. The summed E-state index contributed by atoms with van der Waals surface area (Å²) in [5.41, 5.74) is 2.81. The van der Waals surface area contributed by atoms with Crippen molar-refractivity contribution in [1.29, 1.82) is 0 Å². The van der Waals surface area contributed by atoms with Crippen LogP contribution in [0.2, 0.25) is 0 Å². The first-order valence-electron chi connectivity index (χ1n) is 9.60. The lowest BCUT2D eigenvalue weighted by atomic mass is 10.1. The molecule has 2 heterocycles. The number of benzene rings is 1. The number of carbonyl (C=O) groups is 1. The molecule has 1 atom stereocenters. The Morgan fingerprint density at radius 3 is 2.54 bits per heavy atom. The van der Waals surface area contributed by atoms with Crippen LogP contribution >= 0.6 is 0 Å². The molecule has 9 heteroatoms. The zero-order valence-electron chi connectivity index (χ0n) is 16.4. The van der Waals surface area contributed by atoms with Crippen molar-refractivity contribution >= 4 is 17.4 Å². The first-order valence-corrected chi connectivity index (χ1v) is 9.60. The van der Waals surface area contributed by atoms with Crippen molar-refractivity contribution in [3.63, 3.8) is 0 Å². The summed E-state index contributed by atoms with van der Waals surface area (Å²) >= 11 is 0. The maximum atomic E-state index is 12.5. The summed E-state index contributed by atoms with van der Waals surface area (Å²) in [6.45, 7) is 5.45. The molecule has 3 rings (SSSR count). The van der Waals surface area contributed by atoms with Gasteiger partial charge in [0.25, 0.3) is 0 Å². The number of urea groups is 1. The number of hydrogen-bond donors (Lipinski definition) is 2. The number of halogens is 3. The van der Waals surface area contributed by atoms with Gasteiger partial charge in [-0.05, 0) is 44.2 Å². The third kappa shape index (κ3) is 6.00. The Morgan fingerprint density at radius 1 is 1.14 bits per heavy atom. The molecule has 2 aliphatic heterocycles. The van der Waals surface area contributed by atoms with Gasteiger partial charge >= 0.3 is 12.2 Å². The molecule has 2 amide bonds. The molecular weight excluding hydrogens is 371 g/mol. The van der Waals surface area contributed by atoms with Crippen molar-refractivity contribution in [3.8, 4) is 0 Å². The van der Waals surface area contributed by atoms with Crippen LogP contribution in [0.3, 0.4) is 0 Å². The number of anilines is 2. The van der Waals surface area contributed by atoms with Gasteiger partial charge in [0, 0.05) is 56.7 Å². The van der Waals surface area contributed by atoms with Crippen LogP contribution in [-0.2, 0) is 0 Å². The van der Waals surface area contributed by atoms with Crippen molar-refractivity contribution in [1.82, 2.24) is 15.1 Å². The molecule has 2 fully saturated rings. The molecular formula is C19H28F3N5O. The molecule has 2 saturated heterocycles. The number of rotatable bonds is 4. The monoisotopic (exact) mass is 399 g/mol. The maximum absolute atomic E-state index is 12.5. The topological polar surface area (TPSA) is 50.9 Å². The number of hydrogen-bond acceptors (Lipinski definition) is 4. The number of carbonyl (C=O) groups excluding carboxylic acids is 1. The molecule has 0 bridgehead atoms. The number of likely N-dealkylation sites (N-methyl/N-ethyl adjacent to an activating group) is 1. The van der Waals surface area contributed by atoms with E-state index in [1.165, 1.54) is 4.90 Å². The highest BCUT2D eigenvalue weighted by atomic mass is 19.4. The fourth-order valence-corrected chi connectivity index (χ4v) is 3.78. The van der Waals surface area contributed by atoms with Crippen LogP contribution in [0, 0.1) is 6.92 Å². The lowest BCUT2D eigenvalue weighted by molar-refractivity contribution is -0.143. The first kappa shape index (κ1) is 20.7. The van der Waals surface area contributed by atoms with E-state index in [4.69, 9.17) is 0 Å². The summed E-state index contributed by atoms with van der Waals surface area (Å²) < 4.78 is 37.5. The van der Waals surface area contributed by atoms with E-state index < -0.39 is 12.7 Å². The average Bonchev–Trinajstić information content (AvgIpc) is 2.99. The van der Waals surface area contributed by atoms with E-state index in [0.717, 1.165) is 37.4 Å². The number of likely N-dealkylation sites (tertiary alicyclic amines) is 1. The van der Waals surface area contributed by atoms with Crippen molar-refractivity contribution in [2.75, 3.05) is 63.1 Å². The van der Waals surface area contributed by atoms with Gasteiger partial charge in [0.15, 0.2) is 0 Å². The van der Waals surface area contributed by atoms with Crippen molar-refractivity contribution in [2.24, 2.45) is 0 Å². The number of nitrogens with one attached hydrogen (secondary N) is 2. The molecule has 1 aromatic carbocycles. The maximum Gasteiger partial charge on any atom is 0.401 e. The highest BCUT2D eigenvalue weighted by Gasteiger charge is 2.34. The number of amides is 2. The predicted octanol–water partition coefficient (Wildman–Crippen LogP) is 2.50. The Kier molecular flexibility index (Phi) is 6.34. The normalized spacial score (nSPS) is 21.8. The second-order valence-corrected chi connectivity index (χ2v) is 7.78. The summed E-state index contributed by atoms with van der Waals surface area (Å²) in [7, 11) is 2.10. The predicted molar refractivity (Wildman–Crippen MR) is 104 cm³/mol. The minimum atomic E-state index is -4.21. The van der Waals surface area contributed by atoms with Crippen molar-refractivity contribution in [3.05, 3.63) is 23.8 Å². The van der Waals surface area contributed by atoms with E-state index in [1.807, 2.05) is 19.1 Å². The SMILES string of the molecule is Cc1cc(NC(=O)N[C@H]2CCN(CC(F)(F)F)C2)cc(N2CCN(C)CC2)c1. The highest BCUT2D eigenvalue weighted by Crippen LogP contribution is 2.24. The fourth-order valence-electron chi connectivity index (χ4n) is 3.78. The third-order valence-corrected chi connectivity index (χ3v) is 5.20. The van der Waals surface area contributed by atoms with Gasteiger partial charge in [-0.15, -0.1) is 0 Å². The van der Waals surface area contributed by atoms with Gasteiger partial charge < -0.3 is 20.4 Å².